The Bertz CT molecular complexity index is 1020. The van der Waals surface area contributed by atoms with Gasteiger partial charge in [0.05, 0.1) is 12.1 Å². The van der Waals surface area contributed by atoms with Crippen LogP contribution in [0.5, 0.6) is 5.75 Å². The van der Waals surface area contributed by atoms with E-state index in [1.807, 2.05) is 0 Å². The molecule has 2 aromatic carbocycles. The number of nitrogens with zero attached hydrogens (tertiary/aromatic N) is 2. The fraction of sp³-hybridized carbons (Fsp3) is 0.190. The topological polar surface area (TPSA) is 72.3 Å². The molecule has 0 radical (unpaired) electrons. The van der Waals surface area contributed by atoms with Crippen molar-refractivity contribution in [1.29, 1.82) is 0 Å². The lowest BCUT2D eigenvalue weighted by Gasteiger charge is -2.17. The molecule has 0 bridgehead atoms. The molecule has 0 saturated carbocycles. The summed E-state index contributed by atoms with van der Waals surface area (Å²) < 4.78 is 45.4. The third-order valence-corrected chi connectivity index (χ3v) is 3.99. The molecule has 8 heteroatoms. The van der Waals surface area contributed by atoms with Gasteiger partial charge in [0.15, 0.2) is 11.5 Å². The zero-order valence-electron chi connectivity index (χ0n) is 15.4. The number of benzene rings is 2. The summed E-state index contributed by atoms with van der Waals surface area (Å²) in [6.45, 7) is 1.63. The van der Waals surface area contributed by atoms with E-state index < -0.39 is 24.3 Å². The highest BCUT2D eigenvalue weighted by Crippen LogP contribution is 2.29. The standard InChI is InChI=1S/C21H17F3N2O3/c1-2-10-21(23,24)29-16-8-6-13(7-9-16)17-12-18(20(27)28)26-19(25-17)14-4-3-5-15(22)11-14/h3-9,11-12H,2,10H2,1H3,(H,27,28). The molecule has 3 rings (SSSR count). The number of carboxylic acid groups (broad SMARTS) is 1. The fourth-order valence-electron chi connectivity index (χ4n) is 2.67. The van der Waals surface area contributed by atoms with Crippen molar-refractivity contribution in [1.82, 2.24) is 9.97 Å². The summed E-state index contributed by atoms with van der Waals surface area (Å²) in [7, 11) is 0. The molecule has 0 atom stereocenters. The van der Waals surface area contributed by atoms with Gasteiger partial charge in [-0.15, -0.1) is 0 Å². The predicted octanol–water partition coefficient (Wildman–Crippen LogP) is 5.42. The number of carboxylic acids is 1. The van der Waals surface area contributed by atoms with Crippen molar-refractivity contribution in [3.63, 3.8) is 0 Å². The summed E-state index contributed by atoms with van der Waals surface area (Å²) >= 11 is 0. The molecule has 1 aromatic heterocycles. The lowest BCUT2D eigenvalue weighted by atomic mass is 10.1. The van der Waals surface area contributed by atoms with Crippen LogP contribution < -0.4 is 4.74 Å². The first-order valence-corrected chi connectivity index (χ1v) is 8.83. The second-order valence-electron chi connectivity index (χ2n) is 6.29. The summed E-state index contributed by atoms with van der Waals surface area (Å²) in [6, 6.07) is 12.4. The molecule has 0 amide bonds. The molecule has 0 fully saturated rings. The summed E-state index contributed by atoms with van der Waals surface area (Å²) in [4.78, 5) is 19.7. The van der Waals surface area contributed by atoms with Crippen LogP contribution in [0.25, 0.3) is 22.6 Å². The maximum atomic E-state index is 13.6. The lowest BCUT2D eigenvalue weighted by molar-refractivity contribution is -0.180. The number of aromatic carboxylic acids is 1. The van der Waals surface area contributed by atoms with Crippen LogP contribution in [0.1, 0.15) is 30.3 Å². The van der Waals surface area contributed by atoms with Gasteiger partial charge in [0, 0.05) is 11.1 Å². The zero-order chi connectivity index (χ0) is 21.0. The predicted molar refractivity (Wildman–Crippen MR) is 100 cm³/mol. The summed E-state index contributed by atoms with van der Waals surface area (Å²) in [5.74, 6) is -1.77. The van der Waals surface area contributed by atoms with Crippen molar-refractivity contribution in [2.75, 3.05) is 0 Å². The summed E-state index contributed by atoms with van der Waals surface area (Å²) in [6.07, 6.45) is -3.40. The second-order valence-corrected chi connectivity index (χ2v) is 6.29. The molecule has 0 aliphatic rings. The Balaban J connectivity index is 1.96. The Hall–Kier alpha value is -3.42. The number of carbonyl (C=O) groups is 1. The van der Waals surface area contributed by atoms with Crippen molar-refractivity contribution in [3.8, 4) is 28.4 Å². The Labute approximate surface area is 164 Å². The first-order valence-electron chi connectivity index (χ1n) is 8.83. The van der Waals surface area contributed by atoms with E-state index >= 15 is 0 Å². The maximum absolute atomic E-state index is 13.6. The minimum absolute atomic E-state index is 0.0231. The van der Waals surface area contributed by atoms with Gasteiger partial charge in [-0.3, -0.25) is 0 Å². The van der Waals surface area contributed by atoms with Crippen LogP contribution in [0.15, 0.2) is 54.6 Å². The van der Waals surface area contributed by atoms with Gasteiger partial charge in [-0.25, -0.2) is 19.2 Å². The van der Waals surface area contributed by atoms with Crippen molar-refractivity contribution < 1.29 is 27.8 Å². The molecule has 0 unspecified atom stereocenters. The Morgan fingerprint density at radius 3 is 2.41 bits per heavy atom. The van der Waals surface area contributed by atoms with E-state index in [-0.39, 0.29) is 29.4 Å². The average molecular weight is 402 g/mol. The summed E-state index contributed by atoms with van der Waals surface area (Å²) in [5.41, 5.74) is 0.764. The maximum Gasteiger partial charge on any atom is 0.397 e. The number of halogens is 3. The molecule has 3 aromatic rings. The summed E-state index contributed by atoms with van der Waals surface area (Å²) in [5, 5.41) is 9.34. The number of hydrogen-bond donors (Lipinski definition) is 1. The van der Waals surface area contributed by atoms with Crippen LogP contribution in [0.2, 0.25) is 0 Å². The van der Waals surface area contributed by atoms with Crippen LogP contribution in [-0.2, 0) is 0 Å². The molecule has 150 valence electrons. The normalized spacial score (nSPS) is 11.3. The van der Waals surface area contributed by atoms with Crippen LogP contribution in [0, 0.1) is 5.82 Å². The smallest absolute Gasteiger partial charge is 0.397 e. The van der Waals surface area contributed by atoms with E-state index in [4.69, 9.17) is 4.74 Å². The van der Waals surface area contributed by atoms with Gasteiger partial charge in [0.2, 0.25) is 0 Å². The van der Waals surface area contributed by atoms with Gasteiger partial charge in [-0.05, 0) is 48.9 Å². The second kappa shape index (κ2) is 8.30. The molecule has 0 spiro atoms. The van der Waals surface area contributed by atoms with E-state index in [1.165, 1.54) is 48.5 Å². The van der Waals surface area contributed by atoms with Gasteiger partial charge < -0.3 is 9.84 Å². The third kappa shape index (κ3) is 5.10. The quantitative estimate of drug-likeness (QED) is 0.571. The minimum atomic E-state index is -3.27. The fourth-order valence-corrected chi connectivity index (χ4v) is 2.67. The van der Waals surface area contributed by atoms with Gasteiger partial charge in [0.1, 0.15) is 11.6 Å². The molecular formula is C21H17F3N2O3. The Morgan fingerprint density at radius 2 is 1.79 bits per heavy atom. The average Bonchev–Trinajstić information content (AvgIpc) is 2.68. The first-order chi connectivity index (χ1) is 13.8. The number of rotatable bonds is 7. The minimum Gasteiger partial charge on any atom is -0.477 e. The van der Waals surface area contributed by atoms with Crippen molar-refractivity contribution >= 4 is 5.97 Å². The highest BCUT2D eigenvalue weighted by Gasteiger charge is 2.30. The molecule has 1 heterocycles. The van der Waals surface area contributed by atoms with Gasteiger partial charge in [-0.2, -0.15) is 8.78 Å². The number of alkyl halides is 2. The number of hydrogen-bond acceptors (Lipinski definition) is 4. The van der Waals surface area contributed by atoms with Crippen molar-refractivity contribution in [3.05, 3.63) is 66.1 Å². The van der Waals surface area contributed by atoms with Gasteiger partial charge in [-0.1, -0.05) is 19.1 Å². The molecule has 0 aliphatic carbocycles. The van der Waals surface area contributed by atoms with Gasteiger partial charge in [0.25, 0.3) is 0 Å². The van der Waals surface area contributed by atoms with E-state index in [1.54, 1.807) is 13.0 Å². The molecule has 0 saturated heterocycles. The van der Waals surface area contributed by atoms with Crippen LogP contribution >= 0.6 is 0 Å². The lowest BCUT2D eigenvalue weighted by Crippen LogP contribution is -2.24. The van der Waals surface area contributed by atoms with E-state index in [0.717, 1.165) is 0 Å². The van der Waals surface area contributed by atoms with E-state index in [2.05, 4.69) is 9.97 Å². The number of ether oxygens (including phenoxy) is 1. The zero-order valence-corrected chi connectivity index (χ0v) is 15.4. The van der Waals surface area contributed by atoms with Crippen molar-refractivity contribution in [2.45, 2.75) is 25.9 Å². The Morgan fingerprint density at radius 1 is 1.07 bits per heavy atom. The van der Waals surface area contributed by atoms with Crippen LogP contribution in [0.3, 0.4) is 0 Å². The SMILES string of the molecule is CCCC(F)(F)Oc1ccc(-c2cc(C(=O)O)nc(-c3cccc(F)c3)n2)cc1. The number of aromatic nitrogens is 2. The first kappa shape index (κ1) is 20.3. The third-order valence-electron chi connectivity index (χ3n) is 3.99. The highest BCUT2D eigenvalue weighted by atomic mass is 19.3. The van der Waals surface area contributed by atoms with Crippen molar-refractivity contribution in [2.24, 2.45) is 0 Å². The molecule has 5 nitrogen and oxygen atoms in total. The molecular weight excluding hydrogens is 385 g/mol. The molecule has 29 heavy (non-hydrogen) atoms. The molecule has 0 aliphatic heterocycles. The van der Waals surface area contributed by atoms with Crippen LogP contribution in [0.4, 0.5) is 13.2 Å². The van der Waals surface area contributed by atoms with E-state index in [0.29, 0.717) is 11.1 Å². The Kier molecular flexibility index (Phi) is 5.81. The van der Waals surface area contributed by atoms with E-state index in [9.17, 15) is 23.1 Å². The van der Waals surface area contributed by atoms with Gasteiger partial charge >= 0.3 is 12.1 Å². The highest BCUT2D eigenvalue weighted by molar-refractivity contribution is 5.87. The van der Waals surface area contributed by atoms with Crippen LogP contribution in [-0.4, -0.2) is 27.2 Å². The monoisotopic (exact) mass is 402 g/mol. The largest absolute Gasteiger partial charge is 0.477 e. The molecule has 1 N–H and O–H groups in total.